The normalized spacial score (nSPS) is 15.5. The molecule has 1 aliphatic heterocycles. The first-order valence-corrected chi connectivity index (χ1v) is 9.11. The average molecular weight is 341 g/mol. The van der Waals surface area contributed by atoms with E-state index in [9.17, 15) is 4.79 Å². The van der Waals surface area contributed by atoms with Gasteiger partial charge < -0.3 is 14.6 Å². The molecule has 2 aromatic rings. The van der Waals surface area contributed by atoms with Crippen LogP contribution in [0.1, 0.15) is 30.7 Å². The molecule has 0 unspecified atom stereocenters. The summed E-state index contributed by atoms with van der Waals surface area (Å²) in [4.78, 5) is 19.1. The fourth-order valence-electron chi connectivity index (χ4n) is 3.37. The number of benzene rings is 1. The smallest absolute Gasteiger partial charge is 0.228 e. The second-order valence-corrected chi connectivity index (χ2v) is 6.78. The quantitative estimate of drug-likeness (QED) is 0.877. The van der Waals surface area contributed by atoms with Gasteiger partial charge in [-0.1, -0.05) is 18.2 Å². The minimum Gasteiger partial charge on any atom is -0.441 e. The molecule has 1 amide bonds. The number of nitrogens with zero attached hydrogens (tertiary/aromatic N) is 2. The van der Waals surface area contributed by atoms with E-state index in [-0.39, 0.29) is 5.91 Å². The number of hydrogen-bond donors (Lipinski definition) is 1. The summed E-state index contributed by atoms with van der Waals surface area (Å²) in [5.74, 6) is 2.21. The van der Waals surface area contributed by atoms with E-state index in [1.807, 2.05) is 49.2 Å². The zero-order valence-electron chi connectivity index (χ0n) is 15.1. The lowest BCUT2D eigenvalue weighted by atomic mass is 9.93. The molecule has 0 bridgehead atoms. The van der Waals surface area contributed by atoms with Crippen molar-refractivity contribution < 1.29 is 9.21 Å². The maximum atomic E-state index is 12.6. The van der Waals surface area contributed by atoms with Gasteiger partial charge in [-0.05, 0) is 57.8 Å². The Hall–Kier alpha value is -2.14. The van der Waals surface area contributed by atoms with Crippen LogP contribution in [-0.2, 0) is 11.2 Å². The fourth-order valence-corrected chi connectivity index (χ4v) is 3.37. The third-order valence-electron chi connectivity index (χ3n) is 5.00. The number of nitrogens with one attached hydrogen (secondary N) is 1. The zero-order valence-corrected chi connectivity index (χ0v) is 15.1. The van der Waals surface area contributed by atoms with Crippen molar-refractivity contribution in [3.05, 3.63) is 41.8 Å². The highest BCUT2D eigenvalue weighted by atomic mass is 16.4. The lowest BCUT2D eigenvalue weighted by Crippen LogP contribution is -2.39. The lowest BCUT2D eigenvalue weighted by Gasteiger charge is -2.32. The molecule has 3 rings (SSSR count). The molecule has 5 heteroatoms. The van der Waals surface area contributed by atoms with Crippen molar-refractivity contribution >= 4 is 5.91 Å². The fraction of sp³-hybridized carbons (Fsp3) is 0.500. The summed E-state index contributed by atoms with van der Waals surface area (Å²) in [7, 11) is 1.99. The number of aromatic nitrogens is 1. The molecule has 134 valence electrons. The number of carbonyl (C=O) groups excluding carboxylic acids is 1. The van der Waals surface area contributed by atoms with Gasteiger partial charge in [0.25, 0.3) is 0 Å². The molecule has 1 N–H and O–H groups in total. The largest absolute Gasteiger partial charge is 0.441 e. The molecule has 5 nitrogen and oxygen atoms in total. The number of likely N-dealkylation sites (tertiary alicyclic amines) is 1. The molecule has 2 heterocycles. The van der Waals surface area contributed by atoms with E-state index in [1.54, 1.807) is 0 Å². The van der Waals surface area contributed by atoms with E-state index in [2.05, 4.69) is 10.3 Å². The summed E-state index contributed by atoms with van der Waals surface area (Å²) in [6.07, 6.45) is 3.71. The number of piperidine rings is 1. The molecule has 0 aliphatic carbocycles. The first kappa shape index (κ1) is 17.7. The molecule has 1 aromatic heterocycles. The molecule has 1 saturated heterocycles. The summed E-state index contributed by atoms with van der Waals surface area (Å²) in [6, 6.07) is 9.80. The second-order valence-electron chi connectivity index (χ2n) is 6.78. The van der Waals surface area contributed by atoms with E-state index in [4.69, 9.17) is 4.42 Å². The van der Waals surface area contributed by atoms with Crippen LogP contribution in [0.5, 0.6) is 0 Å². The van der Waals surface area contributed by atoms with Crippen LogP contribution in [-0.4, -0.2) is 42.5 Å². The van der Waals surface area contributed by atoms with Crippen LogP contribution in [0.25, 0.3) is 11.5 Å². The Bertz CT molecular complexity index is 688. The van der Waals surface area contributed by atoms with Crippen molar-refractivity contribution in [2.45, 2.75) is 32.6 Å². The molecule has 25 heavy (non-hydrogen) atoms. The SMILES string of the molecule is CNCCC1CCN(C(=O)Cc2nc(-c3ccccc3)oc2C)CC1. The summed E-state index contributed by atoms with van der Waals surface area (Å²) in [6.45, 7) is 4.65. The number of carbonyl (C=O) groups is 1. The van der Waals surface area contributed by atoms with Crippen molar-refractivity contribution in [3.8, 4) is 11.5 Å². The number of hydrogen-bond acceptors (Lipinski definition) is 4. The van der Waals surface area contributed by atoms with E-state index in [0.717, 1.165) is 55.4 Å². The van der Waals surface area contributed by atoms with Gasteiger partial charge in [-0.2, -0.15) is 0 Å². The van der Waals surface area contributed by atoms with Crippen LogP contribution in [0.2, 0.25) is 0 Å². The van der Waals surface area contributed by atoms with Crippen molar-refractivity contribution in [3.63, 3.8) is 0 Å². The average Bonchev–Trinajstić information content (AvgIpc) is 3.01. The van der Waals surface area contributed by atoms with Crippen molar-refractivity contribution in [2.24, 2.45) is 5.92 Å². The van der Waals surface area contributed by atoms with Crippen LogP contribution < -0.4 is 5.32 Å². The van der Waals surface area contributed by atoms with Gasteiger partial charge in [-0.3, -0.25) is 4.79 Å². The number of oxazole rings is 1. The minimum absolute atomic E-state index is 0.156. The monoisotopic (exact) mass is 341 g/mol. The standard InChI is InChI=1S/C20H27N3O2/c1-15-18(22-20(25-15)17-6-4-3-5-7-17)14-19(24)23-12-9-16(10-13-23)8-11-21-2/h3-7,16,21H,8-14H2,1-2H3. The van der Waals surface area contributed by atoms with E-state index >= 15 is 0 Å². The highest BCUT2D eigenvalue weighted by molar-refractivity contribution is 5.78. The topological polar surface area (TPSA) is 58.4 Å². The molecule has 0 saturated carbocycles. The van der Waals surface area contributed by atoms with E-state index in [1.165, 1.54) is 6.42 Å². The summed E-state index contributed by atoms with van der Waals surface area (Å²) in [5, 5.41) is 3.20. The number of amides is 1. The Morgan fingerprint density at radius 1 is 1.28 bits per heavy atom. The van der Waals surface area contributed by atoms with Crippen LogP contribution in [0.3, 0.4) is 0 Å². The third kappa shape index (κ3) is 4.48. The summed E-state index contributed by atoms with van der Waals surface area (Å²) < 4.78 is 5.76. The van der Waals surface area contributed by atoms with Crippen LogP contribution >= 0.6 is 0 Å². The molecular weight excluding hydrogens is 314 g/mol. The first-order chi connectivity index (χ1) is 12.2. The Kier molecular flexibility index (Phi) is 5.87. The predicted octanol–water partition coefficient (Wildman–Crippen LogP) is 3.04. The molecule has 0 radical (unpaired) electrons. The summed E-state index contributed by atoms with van der Waals surface area (Å²) in [5.41, 5.74) is 1.69. The van der Waals surface area contributed by atoms with Crippen LogP contribution in [0, 0.1) is 12.8 Å². The van der Waals surface area contributed by atoms with Crippen molar-refractivity contribution in [1.82, 2.24) is 15.2 Å². The van der Waals surface area contributed by atoms with E-state index in [0.29, 0.717) is 12.3 Å². The van der Waals surface area contributed by atoms with Crippen LogP contribution in [0.15, 0.2) is 34.7 Å². The molecule has 1 aromatic carbocycles. The number of aryl methyl sites for hydroxylation is 1. The van der Waals surface area contributed by atoms with Gasteiger partial charge in [0.2, 0.25) is 11.8 Å². The van der Waals surface area contributed by atoms with Gasteiger partial charge in [0.05, 0.1) is 12.1 Å². The Morgan fingerprint density at radius 2 is 2.00 bits per heavy atom. The highest BCUT2D eigenvalue weighted by Crippen LogP contribution is 2.24. The van der Waals surface area contributed by atoms with Gasteiger partial charge >= 0.3 is 0 Å². The molecular formula is C20H27N3O2. The Labute approximate surface area is 149 Å². The highest BCUT2D eigenvalue weighted by Gasteiger charge is 2.24. The molecule has 0 atom stereocenters. The van der Waals surface area contributed by atoms with Crippen molar-refractivity contribution in [1.29, 1.82) is 0 Å². The van der Waals surface area contributed by atoms with Gasteiger partial charge in [-0.15, -0.1) is 0 Å². The van der Waals surface area contributed by atoms with Gasteiger partial charge in [0.15, 0.2) is 0 Å². The maximum Gasteiger partial charge on any atom is 0.228 e. The molecule has 1 fully saturated rings. The van der Waals surface area contributed by atoms with Crippen LogP contribution in [0.4, 0.5) is 0 Å². The summed E-state index contributed by atoms with van der Waals surface area (Å²) >= 11 is 0. The number of rotatable bonds is 6. The predicted molar refractivity (Wildman–Crippen MR) is 98.2 cm³/mol. The van der Waals surface area contributed by atoms with E-state index < -0.39 is 0 Å². The minimum atomic E-state index is 0.156. The zero-order chi connectivity index (χ0) is 17.6. The second kappa shape index (κ2) is 8.30. The molecule has 0 spiro atoms. The Morgan fingerprint density at radius 3 is 2.68 bits per heavy atom. The van der Waals surface area contributed by atoms with Crippen molar-refractivity contribution in [2.75, 3.05) is 26.7 Å². The maximum absolute atomic E-state index is 12.6. The molecule has 1 aliphatic rings. The lowest BCUT2D eigenvalue weighted by molar-refractivity contribution is -0.131. The van der Waals surface area contributed by atoms with Gasteiger partial charge in [0.1, 0.15) is 5.76 Å². The third-order valence-corrected chi connectivity index (χ3v) is 5.00. The van der Waals surface area contributed by atoms with Gasteiger partial charge in [0, 0.05) is 18.7 Å². The Balaban J connectivity index is 1.58. The van der Waals surface area contributed by atoms with Gasteiger partial charge in [-0.25, -0.2) is 4.98 Å². The first-order valence-electron chi connectivity index (χ1n) is 9.11.